The van der Waals surface area contributed by atoms with Gasteiger partial charge in [-0.25, -0.2) is 18.1 Å². The Bertz CT molecular complexity index is 710. The molecule has 0 aliphatic rings. The van der Waals surface area contributed by atoms with Gasteiger partial charge in [0.05, 0.1) is 27.8 Å². The number of rotatable bonds is 5. The molecule has 0 saturated carbocycles. The van der Waals surface area contributed by atoms with Crippen LogP contribution in [-0.4, -0.2) is 20.4 Å². The van der Waals surface area contributed by atoms with Gasteiger partial charge in [0, 0.05) is 11.1 Å². The predicted octanol–water partition coefficient (Wildman–Crippen LogP) is 1.55. The second kappa shape index (κ2) is 5.78. The van der Waals surface area contributed by atoms with Gasteiger partial charge in [-0.2, -0.15) is 0 Å². The number of anilines is 2. The third kappa shape index (κ3) is 3.27. The van der Waals surface area contributed by atoms with Crippen molar-refractivity contribution in [2.75, 3.05) is 18.1 Å². The van der Waals surface area contributed by atoms with Crippen LogP contribution in [0.3, 0.4) is 0 Å². The van der Waals surface area contributed by atoms with Crippen LogP contribution in [0.15, 0.2) is 29.3 Å². The van der Waals surface area contributed by atoms with E-state index in [4.69, 9.17) is 5.73 Å². The van der Waals surface area contributed by atoms with Crippen molar-refractivity contribution in [3.8, 4) is 0 Å². The zero-order chi connectivity index (χ0) is 14.8. The molecule has 0 atom stereocenters. The van der Waals surface area contributed by atoms with Gasteiger partial charge in [0.25, 0.3) is 0 Å². The summed E-state index contributed by atoms with van der Waals surface area (Å²) in [6.07, 6.45) is 1.79. The van der Waals surface area contributed by atoms with Crippen molar-refractivity contribution in [3.05, 3.63) is 34.3 Å². The second-order valence-electron chi connectivity index (χ2n) is 4.16. The van der Waals surface area contributed by atoms with Crippen LogP contribution in [0.2, 0.25) is 0 Å². The van der Waals surface area contributed by atoms with E-state index < -0.39 is 10.0 Å². The van der Waals surface area contributed by atoms with E-state index in [0.29, 0.717) is 17.9 Å². The van der Waals surface area contributed by atoms with Crippen molar-refractivity contribution in [1.29, 1.82) is 0 Å². The zero-order valence-electron chi connectivity index (χ0n) is 11.2. The van der Waals surface area contributed by atoms with Gasteiger partial charge in [-0.1, -0.05) is 0 Å². The molecule has 0 unspecified atom stereocenters. The van der Waals surface area contributed by atoms with Crippen LogP contribution >= 0.6 is 11.3 Å². The minimum absolute atomic E-state index is 0.178. The van der Waals surface area contributed by atoms with E-state index in [2.05, 4.69) is 15.0 Å². The van der Waals surface area contributed by atoms with Crippen LogP contribution < -0.4 is 15.8 Å². The number of hydrogen-bond donors (Lipinski definition) is 3. The lowest BCUT2D eigenvalue weighted by Crippen LogP contribution is -2.18. The van der Waals surface area contributed by atoms with E-state index in [9.17, 15) is 8.42 Å². The zero-order valence-corrected chi connectivity index (χ0v) is 12.8. The summed E-state index contributed by atoms with van der Waals surface area (Å²) in [6.45, 7) is 2.49. The smallest absolute Gasteiger partial charge is 0.240 e. The average molecular weight is 312 g/mol. The molecule has 1 aromatic carbocycles. The van der Waals surface area contributed by atoms with Crippen molar-refractivity contribution < 1.29 is 8.42 Å². The number of aromatic nitrogens is 1. The summed E-state index contributed by atoms with van der Waals surface area (Å²) in [7, 11) is -2.10. The maximum absolute atomic E-state index is 11.8. The van der Waals surface area contributed by atoms with Crippen molar-refractivity contribution >= 4 is 32.7 Å². The maximum atomic E-state index is 11.8. The molecular weight excluding hydrogens is 296 g/mol. The fraction of sp³-hybridized carbons (Fsp3) is 0.250. The SMILES string of the molecule is CNS(=O)(=O)c1ccc(N)c(NCc2cnc(C)s2)c1. The van der Waals surface area contributed by atoms with Crippen LogP contribution in [0, 0.1) is 6.92 Å². The van der Waals surface area contributed by atoms with Gasteiger partial charge < -0.3 is 11.1 Å². The summed E-state index contributed by atoms with van der Waals surface area (Å²) in [4.78, 5) is 5.40. The molecule has 0 aliphatic carbocycles. The van der Waals surface area contributed by atoms with Crippen LogP contribution in [0.5, 0.6) is 0 Å². The lowest BCUT2D eigenvalue weighted by atomic mass is 10.2. The Kier molecular flexibility index (Phi) is 4.26. The number of nitrogen functional groups attached to an aromatic ring is 1. The van der Waals surface area contributed by atoms with E-state index >= 15 is 0 Å². The second-order valence-corrected chi connectivity index (χ2v) is 7.36. The number of nitrogens with zero attached hydrogens (tertiary/aromatic N) is 1. The van der Waals surface area contributed by atoms with Crippen LogP contribution in [0.4, 0.5) is 11.4 Å². The summed E-state index contributed by atoms with van der Waals surface area (Å²) in [6, 6.07) is 4.57. The van der Waals surface area contributed by atoms with Crippen molar-refractivity contribution in [2.24, 2.45) is 0 Å². The molecule has 108 valence electrons. The molecule has 1 aromatic heterocycles. The van der Waals surface area contributed by atoms with E-state index in [1.807, 2.05) is 6.92 Å². The molecule has 20 heavy (non-hydrogen) atoms. The molecule has 8 heteroatoms. The molecule has 0 saturated heterocycles. The quantitative estimate of drug-likeness (QED) is 0.728. The number of sulfonamides is 1. The topological polar surface area (TPSA) is 97.1 Å². The highest BCUT2D eigenvalue weighted by Gasteiger charge is 2.13. The Morgan fingerprint density at radius 3 is 2.75 bits per heavy atom. The minimum atomic E-state index is -3.47. The third-order valence-electron chi connectivity index (χ3n) is 2.73. The summed E-state index contributed by atoms with van der Waals surface area (Å²) in [5.74, 6) is 0. The van der Waals surface area contributed by atoms with Crippen molar-refractivity contribution in [2.45, 2.75) is 18.4 Å². The molecule has 0 fully saturated rings. The summed E-state index contributed by atoms with van der Waals surface area (Å²) in [5.41, 5.74) is 6.94. The lowest BCUT2D eigenvalue weighted by Gasteiger charge is -2.10. The molecule has 0 amide bonds. The first-order valence-corrected chi connectivity index (χ1v) is 8.20. The number of aryl methyl sites for hydroxylation is 1. The Hall–Kier alpha value is -1.64. The van der Waals surface area contributed by atoms with Crippen molar-refractivity contribution in [3.63, 3.8) is 0 Å². The third-order valence-corrected chi connectivity index (χ3v) is 5.05. The van der Waals surface area contributed by atoms with Gasteiger partial charge in [-0.05, 0) is 32.2 Å². The van der Waals surface area contributed by atoms with E-state index in [0.717, 1.165) is 9.88 Å². The molecule has 0 aliphatic heterocycles. The van der Waals surface area contributed by atoms with Crippen LogP contribution in [-0.2, 0) is 16.6 Å². The van der Waals surface area contributed by atoms with Crippen molar-refractivity contribution in [1.82, 2.24) is 9.71 Å². The monoisotopic (exact) mass is 312 g/mol. The average Bonchev–Trinajstić information content (AvgIpc) is 2.83. The maximum Gasteiger partial charge on any atom is 0.240 e. The first kappa shape index (κ1) is 14.8. The summed E-state index contributed by atoms with van der Waals surface area (Å²) in [5, 5.41) is 4.12. The van der Waals surface area contributed by atoms with Crippen LogP contribution in [0.25, 0.3) is 0 Å². The molecule has 4 N–H and O–H groups in total. The Morgan fingerprint density at radius 2 is 2.15 bits per heavy atom. The van der Waals surface area contributed by atoms with Gasteiger partial charge in [0.15, 0.2) is 0 Å². The fourth-order valence-corrected chi connectivity index (χ4v) is 3.13. The molecule has 6 nitrogen and oxygen atoms in total. The number of nitrogens with one attached hydrogen (secondary N) is 2. The minimum Gasteiger partial charge on any atom is -0.397 e. The highest BCUT2D eigenvalue weighted by Crippen LogP contribution is 2.24. The number of hydrogen-bond acceptors (Lipinski definition) is 6. The first-order chi connectivity index (χ1) is 9.42. The van der Waals surface area contributed by atoms with Gasteiger partial charge in [-0.15, -0.1) is 11.3 Å². The van der Waals surface area contributed by atoms with E-state index in [-0.39, 0.29) is 4.90 Å². The normalized spacial score (nSPS) is 11.5. The number of nitrogens with two attached hydrogens (primary N) is 1. The number of benzene rings is 1. The van der Waals surface area contributed by atoms with E-state index in [1.165, 1.54) is 19.2 Å². The van der Waals surface area contributed by atoms with E-state index in [1.54, 1.807) is 23.6 Å². The lowest BCUT2D eigenvalue weighted by molar-refractivity contribution is 0.588. The highest BCUT2D eigenvalue weighted by atomic mass is 32.2. The molecule has 0 bridgehead atoms. The molecule has 2 rings (SSSR count). The van der Waals surface area contributed by atoms with Gasteiger partial charge in [0.2, 0.25) is 10.0 Å². The first-order valence-electron chi connectivity index (χ1n) is 5.90. The Labute approximate surface area is 122 Å². The summed E-state index contributed by atoms with van der Waals surface area (Å²) >= 11 is 1.58. The largest absolute Gasteiger partial charge is 0.397 e. The van der Waals surface area contributed by atoms with Gasteiger partial charge in [-0.3, -0.25) is 0 Å². The highest BCUT2D eigenvalue weighted by molar-refractivity contribution is 7.89. The molecule has 1 heterocycles. The number of thiazole rings is 1. The van der Waals surface area contributed by atoms with Gasteiger partial charge in [0.1, 0.15) is 0 Å². The van der Waals surface area contributed by atoms with Crippen LogP contribution in [0.1, 0.15) is 9.88 Å². The standard InChI is InChI=1S/C12H16N4O2S2/c1-8-15-6-9(19-8)7-16-12-5-10(3-4-11(12)13)20(17,18)14-2/h3-6,14,16H,7,13H2,1-2H3. The molecule has 0 radical (unpaired) electrons. The predicted molar refractivity (Wildman–Crippen MR) is 81.3 cm³/mol. The Morgan fingerprint density at radius 1 is 1.40 bits per heavy atom. The Balaban J connectivity index is 2.21. The van der Waals surface area contributed by atoms with Gasteiger partial charge >= 0.3 is 0 Å². The molecule has 0 spiro atoms. The fourth-order valence-electron chi connectivity index (χ4n) is 1.64. The molecule has 2 aromatic rings. The molecular formula is C12H16N4O2S2. The summed E-state index contributed by atoms with van der Waals surface area (Å²) < 4.78 is 25.8.